The van der Waals surface area contributed by atoms with E-state index in [1.165, 1.54) is 11.1 Å². The average Bonchev–Trinajstić information content (AvgIpc) is 2.29. The summed E-state index contributed by atoms with van der Waals surface area (Å²) in [6, 6.07) is 6.17. The molecule has 2 rings (SSSR count). The normalized spacial score (nSPS) is 27.6. The molecule has 0 radical (unpaired) electrons. The smallest absolute Gasteiger partial charge is 0.128 e. The minimum absolute atomic E-state index is 0.0284. The summed E-state index contributed by atoms with van der Waals surface area (Å²) in [6.07, 6.45) is 0.984. The van der Waals surface area contributed by atoms with Crippen LogP contribution in [0.1, 0.15) is 24.5 Å². The van der Waals surface area contributed by atoms with E-state index in [0.29, 0.717) is 6.61 Å². The van der Waals surface area contributed by atoms with E-state index in [1.807, 2.05) is 13.0 Å². The Morgan fingerprint density at radius 1 is 1.29 bits per heavy atom. The molecule has 3 heteroatoms. The van der Waals surface area contributed by atoms with E-state index in [1.54, 1.807) is 0 Å². The van der Waals surface area contributed by atoms with E-state index in [0.717, 1.165) is 12.2 Å². The zero-order chi connectivity index (χ0) is 12.4. The van der Waals surface area contributed by atoms with Crippen LogP contribution in [-0.4, -0.2) is 24.2 Å². The predicted molar refractivity (Wildman–Crippen MR) is 70.0 cm³/mol. The number of para-hydroxylation sites is 1. The van der Waals surface area contributed by atoms with Crippen LogP contribution in [-0.2, 0) is 4.74 Å². The Bertz CT molecular complexity index is 372. The lowest BCUT2D eigenvalue weighted by molar-refractivity contribution is -0.0763. The monoisotopic (exact) mass is 254 g/mol. The average molecular weight is 255 g/mol. The SMILES string of the molecule is CCOC1C(Cl)CC1Oc1c(C)cccc1C. The summed E-state index contributed by atoms with van der Waals surface area (Å²) in [4.78, 5) is 0. The molecule has 0 aliphatic heterocycles. The van der Waals surface area contributed by atoms with E-state index in [9.17, 15) is 0 Å². The summed E-state index contributed by atoms with van der Waals surface area (Å²) in [5.41, 5.74) is 2.33. The number of halogens is 1. The molecule has 1 fully saturated rings. The summed E-state index contributed by atoms with van der Waals surface area (Å²) in [6.45, 7) is 6.79. The number of hydrogen-bond acceptors (Lipinski definition) is 2. The predicted octanol–water partition coefficient (Wildman–Crippen LogP) is 3.47. The van der Waals surface area contributed by atoms with E-state index in [-0.39, 0.29) is 17.6 Å². The van der Waals surface area contributed by atoms with E-state index in [2.05, 4.69) is 26.0 Å². The van der Waals surface area contributed by atoms with Gasteiger partial charge in [-0.2, -0.15) is 0 Å². The molecule has 3 unspecified atom stereocenters. The van der Waals surface area contributed by atoms with Gasteiger partial charge in [0, 0.05) is 13.0 Å². The number of rotatable bonds is 4. The summed E-state index contributed by atoms with van der Waals surface area (Å²) in [7, 11) is 0. The zero-order valence-corrected chi connectivity index (χ0v) is 11.3. The lowest BCUT2D eigenvalue weighted by atomic mass is 9.90. The van der Waals surface area contributed by atoms with Crippen LogP contribution in [0.4, 0.5) is 0 Å². The molecule has 1 aliphatic carbocycles. The number of ether oxygens (including phenoxy) is 2. The highest BCUT2D eigenvalue weighted by Gasteiger charge is 2.42. The first-order chi connectivity index (χ1) is 8.13. The van der Waals surface area contributed by atoms with Crippen molar-refractivity contribution in [1.29, 1.82) is 0 Å². The maximum atomic E-state index is 6.13. The molecule has 94 valence electrons. The molecule has 3 atom stereocenters. The van der Waals surface area contributed by atoms with Crippen molar-refractivity contribution in [1.82, 2.24) is 0 Å². The van der Waals surface area contributed by atoms with Gasteiger partial charge < -0.3 is 9.47 Å². The molecule has 0 aromatic heterocycles. The van der Waals surface area contributed by atoms with Crippen molar-refractivity contribution < 1.29 is 9.47 Å². The summed E-state index contributed by atoms with van der Waals surface area (Å²) < 4.78 is 11.6. The van der Waals surface area contributed by atoms with E-state index >= 15 is 0 Å². The van der Waals surface area contributed by atoms with Gasteiger partial charge in [-0.3, -0.25) is 0 Å². The summed E-state index contributed by atoms with van der Waals surface area (Å²) in [5, 5.41) is 0.0873. The molecule has 1 saturated carbocycles. The number of hydrogen-bond donors (Lipinski definition) is 0. The summed E-state index contributed by atoms with van der Waals surface area (Å²) >= 11 is 6.13. The largest absolute Gasteiger partial charge is 0.487 e. The number of benzene rings is 1. The van der Waals surface area contributed by atoms with Gasteiger partial charge in [-0.15, -0.1) is 11.6 Å². The second-order valence-corrected chi connectivity index (χ2v) is 5.11. The minimum Gasteiger partial charge on any atom is -0.487 e. The second-order valence-electron chi connectivity index (χ2n) is 4.55. The Labute approximate surface area is 108 Å². The molecule has 0 heterocycles. The molecule has 17 heavy (non-hydrogen) atoms. The molecule has 0 spiro atoms. The van der Waals surface area contributed by atoms with Gasteiger partial charge in [-0.05, 0) is 31.9 Å². The zero-order valence-electron chi connectivity index (χ0n) is 10.6. The molecule has 0 N–H and O–H groups in total. The molecule has 0 bridgehead atoms. The van der Waals surface area contributed by atoms with Crippen LogP contribution in [0.25, 0.3) is 0 Å². The second kappa shape index (κ2) is 5.28. The standard InChI is InChI=1S/C14H19ClO2/c1-4-16-14-11(15)8-12(14)17-13-9(2)6-5-7-10(13)3/h5-7,11-12,14H,4,8H2,1-3H3. The van der Waals surface area contributed by atoms with Crippen LogP contribution in [0, 0.1) is 13.8 Å². The highest BCUT2D eigenvalue weighted by atomic mass is 35.5. The highest BCUT2D eigenvalue weighted by molar-refractivity contribution is 6.21. The minimum atomic E-state index is 0.0284. The van der Waals surface area contributed by atoms with Crippen molar-refractivity contribution in [2.75, 3.05) is 6.61 Å². The molecule has 2 nitrogen and oxygen atoms in total. The summed E-state index contributed by atoms with van der Waals surface area (Å²) in [5.74, 6) is 0.978. The van der Waals surface area contributed by atoms with Crippen molar-refractivity contribution in [3.05, 3.63) is 29.3 Å². The molecule has 1 aromatic rings. The fourth-order valence-corrected chi connectivity index (χ4v) is 2.59. The number of alkyl halides is 1. The van der Waals surface area contributed by atoms with Gasteiger partial charge in [0.15, 0.2) is 0 Å². The first-order valence-electron chi connectivity index (χ1n) is 6.12. The molecular weight excluding hydrogens is 236 g/mol. The number of aryl methyl sites for hydroxylation is 2. The van der Waals surface area contributed by atoms with Crippen molar-refractivity contribution in [2.24, 2.45) is 0 Å². The van der Waals surface area contributed by atoms with Crippen LogP contribution >= 0.6 is 11.6 Å². The van der Waals surface area contributed by atoms with E-state index in [4.69, 9.17) is 21.1 Å². The van der Waals surface area contributed by atoms with Crippen molar-refractivity contribution in [2.45, 2.75) is 44.8 Å². The Hall–Kier alpha value is -0.730. The van der Waals surface area contributed by atoms with Crippen LogP contribution < -0.4 is 4.74 Å². The maximum absolute atomic E-state index is 6.13. The third kappa shape index (κ3) is 2.58. The lowest BCUT2D eigenvalue weighted by Gasteiger charge is -2.40. The van der Waals surface area contributed by atoms with Crippen LogP contribution in [0.5, 0.6) is 5.75 Å². The van der Waals surface area contributed by atoms with Gasteiger partial charge in [0.1, 0.15) is 18.0 Å². The quantitative estimate of drug-likeness (QED) is 0.766. The van der Waals surface area contributed by atoms with Crippen LogP contribution in [0.15, 0.2) is 18.2 Å². The fraction of sp³-hybridized carbons (Fsp3) is 0.571. The molecular formula is C14H19ClO2. The van der Waals surface area contributed by atoms with Gasteiger partial charge in [0.05, 0.1) is 5.38 Å². The van der Waals surface area contributed by atoms with Gasteiger partial charge in [0.25, 0.3) is 0 Å². The van der Waals surface area contributed by atoms with Gasteiger partial charge in [-0.25, -0.2) is 0 Å². The Balaban J connectivity index is 2.06. The van der Waals surface area contributed by atoms with Crippen molar-refractivity contribution >= 4 is 11.6 Å². The first-order valence-corrected chi connectivity index (χ1v) is 6.55. The van der Waals surface area contributed by atoms with Gasteiger partial charge in [-0.1, -0.05) is 18.2 Å². The highest BCUT2D eigenvalue weighted by Crippen LogP contribution is 2.35. The molecule has 1 aromatic carbocycles. The van der Waals surface area contributed by atoms with Gasteiger partial charge >= 0.3 is 0 Å². The van der Waals surface area contributed by atoms with Gasteiger partial charge in [0.2, 0.25) is 0 Å². The maximum Gasteiger partial charge on any atom is 0.128 e. The third-order valence-electron chi connectivity index (χ3n) is 3.22. The van der Waals surface area contributed by atoms with Crippen molar-refractivity contribution in [3.63, 3.8) is 0 Å². The molecule has 0 saturated heterocycles. The topological polar surface area (TPSA) is 18.5 Å². The first kappa shape index (κ1) is 12.7. The van der Waals surface area contributed by atoms with Crippen molar-refractivity contribution in [3.8, 4) is 5.75 Å². The van der Waals surface area contributed by atoms with Crippen LogP contribution in [0.3, 0.4) is 0 Å². The Morgan fingerprint density at radius 3 is 2.47 bits per heavy atom. The van der Waals surface area contributed by atoms with E-state index < -0.39 is 0 Å². The molecule has 1 aliphatic rings. The Morgan fingerprint density at radius 2 is 1.94 bits per heavy atom. The van der Waals surface area contributed by atoms with Crippen LogP contribution in [0.2, 0.25) is 0 Å². The Kier molecular flexibility index (Phi) is 3.95. The molecule has 0 amide bonds. The lowest BCUT2D eigenvalue weighted by Crippen LogP contribution is -2.52. The third-order valence-corrected chi connectivity index (χ3v) is 3.64. The fourth-order valence-electron chi connectivity index (χ4n) is 2.18.